The summed E-state index contributed by atoms with van der Waals surface area (Å²) in [7, 11) is 0. The topological polar surface area (TPSA) is 64.3 Å². The van der Waals surface area contributed by atoms with Crippen molar-refractivity contribution in [2.45, 2.75) is 26.4 Å². The SMILES string of the molecule is Cc1ccc(N)c(C)c1NC(=O)C1Cc2ccccc2O1. The molecule has 108 valence electrons. The number of benzene rings is 2. The van der Waals surface area contributed by atoms with Gasteiger partial charge in [-0.2, -0.15) is 0 Å². The molecule has 4 nitrogen and oxygen atoms in total. The van der Waals surface area contributed by atoms with E-state index in [1.807, 2.05) is 50.2 Å². The summed E-state index contributed by atoms with van der Waals surface area (Å²) in [6.45, 7) is 3.86. The van der Waals surface area contributed by atoms with Gasteiger partial charge in [0.1, 0.15) is 5.75 Å². The van der Waals surface area contributed by atoms with Gasteiger partial charge in [-0.1, -0.05) is 24.3 Å². The van der Waals surface area contributed by atoms with Gasteiger partial charge in [-0.05, 0) is 42.7 Å². The average Bonchev–Trinajstić information content (AvgIpc) is 2.91. The summed E-state index contributed by atoms with van der Waals surface area (Å²) >= 11 is 0. The van der Waals surface area contributed by atoms with E-state index in [1.54, 1.807) is 0 Å². The number of amides is 1. The quantitative estimate of drug-likeness (QED) is 0.832. The highest BCUT2D eigenvalue weighted by molar-refractivity contribution is 5.97. The molecule has 1 aliphatic rings. The first-order valence-electron chi connectivity index (χ1n) is 6.97. The fourth-order valence-electron chi connectivity index (χ4n) is 2.59. The lowest BCUT2D eigenvalue weighted by atomic mass is 10.1. The molecule has 0 bridgehead atoms. The molecule has 2 aromatic rings. The maximum absolute atomic E-state index is 12.4. The highest BCUT2D eigenvalue weighted by Crippen LogP contribution is 2.30. The fraction of sp³-hybridized carbons (Fsp3) is 0.235. The van der Waals surface area contributed by atoms with E-state index >= 15 is 0 Å². The van der Waals surface area contributed by atoms with Crippen molar-refractivity contribution in [3.63, 3.8) is 0 Å². The summed E-state index contributed by atoms with van der Waals surface area (Å²) in [6, 6.07) is 11.5. The molecule has 0 spiro atoms. The van der Waals surface area contributed by atoms with Gasteiger partial charge >= 0.3 is 0 Å². The minimum atomic E-state index is -0.484. The Kier molecular flexibility index (Phi) is 3.29. The summed E-state index contributed by atoms with van der Waals surface area (Å²) in [4.78, 5) is 12.4. The molecule has 0 saturated carbocycles. The maximum Gasteiger partial charge on any atom is 0.265 e. The van der Waals surface area contributed by atoms with Crippen LogP contribution in [0.15, 0.2) is 36.4 Å². The zero-order chi connectivity index (χ0) is 15.0. The average molecular weight is 282 g/mol. The summed E-state index contributed by atoms with van der Waals surface area (Å²) in [6.07, 6.45) is 0.116. The van der Waals surface area contributed by atoms with Crippen molar-refractivity contribution < 1.29 is 9.53 Å². The molecule has 1 atom stereocenters. The van der Waals surface area contributed by atoms with Gasteiger partial charge in [0.2, 0.25) is 0 Å². The number of rotatable bonds is 2. The van der Waals surface area contributed by atoms with Crippen LogP contribution < -0.4 is 15.8 Å². The molecule has 0 aliphatic carbocycles. The standard InChI is InChI=1S/C17H18N2O2/c1-10-7-8-13(18)11(2)16(10)19-17(20)15-9-12-5-3-4-6-14(12)21-15/h3-8,15H,9,18H2,1-2H3,(H,19,20). The van der Waals surface area contributed by atoms with Crippen molar-refractivity contribution in [3.8, 4) is 5.75 Å². The third-order valence-corrected chi connectivity index (χ3v) is 3.90. The number of ether oxygens (including phenoxy) is 1. The zero-order valence-electron chi connectivity index (χ0n) is 12.1. The second-order valence-corrected chi connectivity index (χ2v) is 5.38. The van der Waals surface area contributed by atoms with Crippen LogP contribution in [0.5, 0.6) is 5.75 Å². The largest absolute Gasteiger partial charge is 0.480 e. The van der Waals surface area contributed by atoms with Crippen LogP contribution >= 0.6 is 0 Å². The Hall–Kier alpha value is -2.49. The summed E-state index contributed by atoms with van der Waals surface area (Å²) in [5.41, 5.74) is 10.3. The van der Waals surface area contributed by atoms with Crippen LogP contribution in [0.3, 0.4) is 0 Å². The van der Waals surface area contributed by atoms with Crippen LogP contribution in [0.4, 0.5) is 11.4 Å². The molecule has 2 aromatic carbocycles. The van der Waals surface area contributed by atoms with Gasteiger partial charge in [0.25, 0.3) is 5.91 Å². The highest BCUT2D eigenvalue weighted by atomic mass is 16.5. The predicted octanol–water partition coefficient (Wildman–Crippen LogP) is 2.83. The van der Waals surface area contributed by atoms with Crippen LogP contribution in [0.25, 0.3) is 0 Å². The summed E-state index contributed by atoms with van der Waals surface area (Å²) in [5.74, 6) is 0.654. The normalized spacial score (nSPS) is 16.2. The molecule has 1 aliphatic heterocycles. The monoisotopic (exact) mass is 282 g/mol. The van der Waals surface area contributed by atoms with E-state index in [0.717, 1.165) is 28.1 Å². The van der Waals surface area contributed by atoms with Crippen LogP contribution in [-0.4, -0.2) is 12.0 Å². The first-order chi connectivity index (χ1) is 10.1. The van der Waals surface area contributed by atoms with Gasteiger partial charge < -0.3 is 15.8 Å². The molecule has 0 fully saturated rings. The van der Waals surface area contributed by atoms with Crippen molar-refractivity contribution in [1.82, 2.24) is 0 Å². The summed E-state index contributed by atoms with van der Waals surface area (Å²) < 4.78 is 5.71. The lowest BCUT2D eigenvalue weighted by Crippen LogP contribution is -2.32. The van der Waals surface area contributed by atoms with Gasteiger partial charge in [-0.25, -0.2) is 0 Å². The Balaban J connectivity index is 1.79. The number of nitrogens with one attached hydrogen (secondary N) is 1. The molecule has 1 amide bonds. The van der Waals surface area contributed by atoms with Crippen molar-refractivity contribution in [2.24, 2.45) is 0 Å². The van der Waals surface area contributed by atoms with E-state index in [4.69, 9.17) is 10.5 Å². The number of hydrogen-bond donors (Lipinski definition) is 2. The molecule has 21 heavy (non-hydrogen) atoms. The van der Waals surface area contributed by atoms with Gasteiger partial charge in [-0.3, -0.25) is 4.79 Å². The van der Waals surface area contributed by atoms with Gasteiger partial charge in [0.15, 0.2) is 6.10 Å². The molecule has 0 saturated heterocycles. The van der Waals surface area contributed by atoms with E-state index in [9.17, 15) is 4.79 Å². The first-order valence-corrected chi connectivity index (χ1v) is 6.97. The Morgan fingerprint density at radius 1 is 1.24 bits per heavy atom. The Morgan fingerprint density at radius 3 is 2.76 bits per heavy atom. The van der Waals surface area contributed by atoms with Crippen LogP contribution in [0, 0.1) is 13.8 Å². The lowest BCUT2D eigenvalue weighted by Gasteiger charge is -2.16. The Labute approximate surface area is 123 Å². The van der Waals surface area contributed by atoms with E-state index in [0.29, 0.717) is 12.1 Å². The minimum absolute atomic E-state index is 0.136. The molecular weight excluding hydrogens is 264 g/mol. The van der Waals surface area contributed by atoms with Crippen LogP contribution in [-0.2, 0) is 11.2 Å². The van der Waals surface area contributed by atoms with Crippen molar-refractivity contribution in [2.75, 3.05) is 11.1 Å². The second-order valence-electron chi connectivity index (χ2n) is 5.38. The number of nitrogens with two attached hydrogens (primary N) is 1. The zero-order valence-corrected chi connectivity index (χ0v) is 12.1. The van der Waals surface area contributed by atoms with Crippen LogP contribution in [0.1, 0.15) is 16.7 Å². The number of para-hydroxylation sites is 1. The number of anilines is 2. The maximum atomic E-state index is 12.4. The molecule has 3 rings (SSSR count). The molecule has 1 unspecified atom stereocenters. The molecule has 0 aromatic heterocycles. The van der Waals surface area contributed by atoms with Gasteiger partial charge in [0.05, 0.1) is 0 Å². The predicted molar refractivity (Wildman–Crippen MR) is 83.5 cm³/mol. The fourth-order valence-corrected chi connectivity index (χ4v) is 2.59. The molecule has 0 radical (unpaired) electrons. The second kappa shape index (κ2) is 5.13. The summed E-state index contributed by atoms with van der Waals surface area (Å²) in [5, 5.41) is 2.95. The first kappa shape index (κ1) is 13.5. The van der Waals surface area contributed by atoms with E-state index < -0.39 is 6.10 Å². The molecule has 1 heterocycles. The van der Waals surface area contributed by atoms with E-state index in [-0.39, 0.29) is 5.91 Å². The smallest absolute Gasteiger partial charge is 0.265 e. The van der Waals surface area contributed by atoms with E-state index in [1.165, 1.54) is 0 Å². The van der Waals surface area contributed by atoms with Crippen molar-refractivity contribution >= 4 is 17.3 Å². The Bertz CT molecular complexity index is 685. The third kappa shape index (κ3) is 2.44. The van der Waals surface area contributed by atoms with Crippen LogP contribution in [0.2, 0.25) is 0 Å². The molecule has 3 N–H and O–H groups in total. The lowest BCUT2D eigenvalue weighted by molar-refractivity contribution is -0.122. The number of nitrogen functional groups attached to an aromatic ring is 1. The number of aryl methyl sites for hydroxylation is 1. The third-order valence-electron chi connectivity index (χ3n) is 3.90. The number of carbonyl (C=O) groups excluding carboxylic acids is 1. The number of hydrogen-bond acceptors (Lipinski definition) is 3. The van der Waals surface area contributed by atoms with Crippen molar-refractivity contribution in [1.29, 1.82) is 0 Å². The number of fused-ring (bicyclic) bond motifs is 1. The van der Waals surface area contributed by atoms with E-state index in [2.05, 4.69) is 5.32 Å². The molecular formula is C17H18N2O2. The molecule has 4 heteroatoms. The van der Waals surface area contributed by atoms with Gasteiger partial charge in [0, 0.05) is 17.8 Å². The Morgan fingerprint density at radius 2 is 2.00 bits per heavy atom. The minimum Gasteiger partial charge on any atom is -0.480 e. The van der Waals surface area contributed by atoms with Gasteiger partial charge in [-0.15, -0.1) is 0 Å². The highest BCUT2D eigenvalue weighted by Gasteiger charge is 2.29. The number of carbonyl (C=O) groups is 1. The van der Waals surface area contributed by atoms with Crippen molar-refractivity contribution in [3.05, 3.63) is 53.1 Å².